The zero-order chi connectivity index (χ0) is 16.1. The lowest BCUT2D eigenvalue weighted by Gasteiger charge is -2.10. The van der Waals surface area contributed by atoms with Gasteiger partial charge in [0.15, 0.2) is 0 Å². The highest BCUT2D eigenvalue weighted by Gasteiger charge is 2.13. The Kier molecular flexibility index (Phi) is 5.28. The first-order valence-electron chi connectivity index (χ1n) is 7.27. The van der Waals surface area contributed by atoms with E-state index in [1.807, 2.05) is 51.1 Å². The lowest BCUT2D eigenvalue weighted by molar-refractivity contribution is 0.0371. The highest BCUT2D eigenvalue weighted by Crippen LogP contribution is 2.20. The van der Waals surface area contributed by atoms with E-state index in [0.29, 0.717) is 12.3 Å². The van der Waals surface area contributed by atoms with Crippen LogP contribution in [-0.2, 0) is 16.1 Å². The molecule has 4 heteroatoms. The van der Waals surface area contributed by atoms with E-state index in [4.69, 9.17) is 9.47 Å². The van der Waals surface area contributed by atoms with Crippen LogP contribution in [-0.4, -0.2) is 24.2 Å². The normalized spacial score (nSPS) is 10.8. The second-order valence-corrected chi connectivity index (χ2v) is 5.50. The van der Waals surface area contributed by atoms with E-state index in [0.717, 1.165) is 22.4 Å². The van der Waals surface area contributed by atoms with Crippen LogP contribution >= 0.6 is 0 Å². The SMILES string of the molecule is COCc1ccc(-c2cc(C)cc(C(=O)OC(C)C)n2)cc1. The number of nitrogens with zero attached hydrogens (tertiary/aromatic N) is 1. The summed E-state index contributed by atoms with van der Waals surface area (Å²) in [5, 5.41) is 0. The van der Waals surface area contributed by atoms with Crippen molar-refractivity contribution in [2.75, 3.05) is 7.11 Å². The van der Waals surface area contributed by atoms with Crippen molar-refractivity contribution in [2.45, 2.75) is 33.5 Å². The summed E-state index contributed by atoms with van der Waals surface area (Å²) < 4.78 is 10.3. The Hall–Kier alpha value is -2.20. The second-order valence-electron chi connectivity index (χ2n) is 5.50. The zero-order valence-electron chi connectivity index (χ0n) is 13.4. The third kappa shape index (κ3) is 4.15. The summed E-state index contributed by atoms with van der Waals surface area (Å²) in [6.45, 7) is 6.16. The van der Waals surface area contributed by atoms with Crippen molar-refractivity contribution in [1.82, 2.24) is 4.98 Å². The molecule has 0 unspecified atom stereocenters. The van der Waals surface area contributed by atoms with E-state index in [1.165, 1.54) is 0 Å². The van der Waals surface area contributed by atoms with Crippen LogP contribution in [0.1, 0.15) is 35.5 Å². The predicted octanol–water partition coefficient (Wildman–Crippen LogP) is 3.77. The van der Waals surface area contributed by atoms with E-state index < -0.39 is 5.97 Å². The number of aromatic nitrogens is 1. The molecule has 0 fully saturated rings. The summed E-state index contributed by atoms with van der Waals surface area (Å²) in [6.07, 6.45) is -0.161. The van der Waals surface area contributed by atoms with Gasteiger partial charge in [0.1, 0.15) is 5.69 Å². The summed E-state index contributed by atoms with van der Waals surface area (Å²) >= 11 is 0. The topological polar surface area (TPSA) is 48.4 Å². The number of esters is 1. The van der Waals surface area contributed by atoms with Crippen molar-refractivity contribution in [3.63, 3.8) is 0 Å². The minimum Gasteiger partial charge on any atom is -0.458 e. The Morgan fingerprint density at radius 2 is 1.86 bits per heavy atom. The van der Waals surface area contributed by atoms with Crippen LogP contribution in [0.2, 0.25) is 0 Å². The fourth-order valence-corrected chi connectivity index (χ4v) is 2.13. The van der Waals surface area contributed by atoms with Crippen LogP contribution in [0.15, 0.2) is 36.4 Å². The number of hydrogen-bond donors (Lipinski definition) is 0. The molecule has 0 radical (unpaired) electrons. The van der Waals surface area contributed by atoms with Crippen molar-refractivity contribution in [1.29, 1.82) is 0 Å². The van der Waals surface area contributed by atoms with Gasteiger partial charge in [0.2, 0.25) is 0 Å². The molecule has 22 heavy (non-hydrogen) atoms. The molecule has 0 aliphatic heterocycles. The third-order valence-electron chi connectivity index (χ3n) is 3.08. The summed E-state index contributed by atoms with van der Waals surface area (Å²) in [5.74, 6) is -0.393. The van der Waals surface area contributed by atoms with Gasteiger partial charge in [-0.2, -0.15) is 0 Å². The molecule has 0 saturated heterocycles. The van der Waals surface area contributed by atoms with E-state index in [1.54, 1.807) is 13.2 Å². The highest BCUT2D eigenvalue weighted by molar-refractivity contribution is 5.88. The van der Waals surface area contributed by atoms with Crippen LogP contribution in [0.25, 0.3) is 11.3 Å². The molecule has 0 bridgehead atoms. The van der Waals surface area contributed by atoms with Crippen LogP contribution < -0.4 is 0 Å². The quantitative estimate of drug-likeness (QED) is 0.789. The maximum atomic E-state index is 12.0. The maximum Gasteiger partial charge on any atom is 0.357 e. The van der Waals surface area contributed by atoms with Crippen LogP contribution in [0.5, 0.6) is 0 Å². The maximum absolute atomic E-state index is 12.0. The molecule has 0 saturated carbocycles. The molecule has 116 valence electrons. The number of pyridine rings is 1. The fraction of sp³-hybridized carbons (Fsp3) is 0.333. The molecule has 0 amide bonds. The Bertz CT molecular complexity index is 648. The lowest BCUT2D eigenvalue weighted by Crippen LogP contribution is -2.13. The summed E-state index contributed by atoms with van der Waals surface area (Å²) in [7, 11) is 1.67. The Morgan fingerprint density at radius 3 is 2.45 bits per heavy atom. The Morgan fingerprint density at radius 1 is 1.18 bits per heavy atom. The number of rotatable bonds is 5. The zero-order valence-corrected chi connectivity index (χ0v) is 13.4. The molecule has 2 aromatic rings. The van der Waals surface area contributed by atoms with Crippen molar-refractivity contribution in [3.8, 4) is 11.3 Å². The number of hydrogen-bond acceptors (Lipinski definition) is 4. The van der Waals surface area contributed by atoms with Crippen LogP contribution in [0.3, 0.4) is 0 Å². The standard InChI is InChI=1S/C18H21NO3/c1-12(2)22-18(20)17-10-13(3)9-16(19-17)15-7-5-14(6-8-15)11-21-4/h5-10,12H,11H2,1-4H3. The Labute approximate surface area is 131 Å². The van der Waals surface area contributed by atoms with Gasteiger partial charge in [-0.15, -0.1) is 0 Å². The first kappa shape index (κ1) is 16.2. The summed E-state index contributed by atoms with van der Waals surface area (Å²) in [5.41, 5.74) is 4.13. The van der Waals surface area contributed by atoms with E-state index in [2.05, 4.69) is 4.98 Å². The minimum atomic E-state index is -0.393. The van der Waals surface area contributed by atoms with Gasteiger partial charge < -0.3 is 9.47 Å². The Balaban J connectivity index is 2.31. The van der Waals surface area contributed by atoms with Crippen LogP contribution in [0.4, 0.5) is 0 Å². The molecule has 0 aliphatic rings. The van der Waals surface area contributed by atoms with E-state index in [-0.39, 0.29) is 6.10 Å². The molecule has 4 nitrogen and oxygen atoms in total. The monoisotopic (exact) mass is 299 g/mol. The molecule has 0 aliphatic carbocycles. The largest absolute Gasteiger partial charge is 0.458 e. The molecular formula is C18H21NO3. The number of aryl methyl sites for hydroxylation is 1. The first-order chi connectivity index (χ1) is 10.5. The van der Waals surface area contributed by atoms with Gasteiger partial charge in [-0.1, -0.05) is 24.3 Å². The third-order valence-corrected chi connectivity index (χ3v) is 3.08. The average molecular weight is 299 g/mol. The van der Waals surface area contributed by atoms with Gasteiger partial charge in [0.25, 0.3) is 0 Å². The van der Waals surface area contributed by atoms with Gasteiger partial charge in [0, 0.05) is 12.7 Å². The predicted molar refractivity (Wildman–Crippen MR) is 85.7 cm³/mol. The van der Waals surface area contributed by atoms with E-state index in [9.17, 15) is 4.79 Å². The minimum absolute atomic E-state index is 0.161. The molecule has 1 aromatic carbocycles. The molecule has 1 heterocycles. The fourth-order valence-electron chi connectivity index (χ4n) is 2.13. The molecule has 0 N–H and O–H groups in total. The molecular weight excluding hydrogens is 278 g/mol. The molecule has 0 spiro atoms. The van der Waals surface area contributed by atoms with Gasteiger partial charge >= 0.3 is 5.97 Å². The van der Waals surface area contributed by atoms with Crippen molar-refractivity contribution in [3.05, 3.63) is 53.2 Å². The second kappa shape index (κ2) is 7.18. The smallest absolute Gasteiger partial charge is 0.357 e. The van der Waals surface area contributed by atoms with Crippen LogP contribution in [0, 0.1) is 6.92 Å². The summed E-state index contributed by atoms with van der Waals surface area (Å²) in [4.78, 5) is 16.5. The number of carbonyl (C=O) groups is 1. The molecule has 1 aromatic heterocycles. The number of methoxy groups -OCH3 is 1. The van der Waals surface area contributed by atoms with E-state index >= 15 is 0 Å². The highest BCUT2D eigenvalue weighted by atomic mass is 16.5. The van der Waals surface area contributed by atoms with Gasteiger partial charge in [-0.05, 0) is 44.0 Å². The first-order valence-corrected chi connectivity index (χ1v) is 7.27. The van der Waals surface area contributed by atoms with Gasteiger partial charge in [-0.25, -0.2) is 9.78 Å². The average Bonchev–Trinajstić information content (AvgIpc) is 2.47. The van der Waals surface area contributed by atoms with Gasteiger partial charge in [0.05, 0.1) is 18.4 Å². The molecule has 2 rings (SSSR count). The summed E-state index contributed by atoms with van der Waals surface area (Å²) in [6, 6.07) is 11.6. The number of ether oxygens (including phenoxy) is 2. The number of benzene rings is 1. The lowest BCUT2D eigenvalue weighted by atomic mass is 10.1. The van der Waals surface area contributed by atoms with Gasteiger partial charge in [-0.3, -0.25) is 0 Å². The molecule has 0 atom stereocenters. The van der Waals surface area contributed by atoms with Crippen molar-refractivity contribution < 1.29 is 14.3 Å². The number of carbonyl (C=O) groups excluding carboxylic acids is 1. The van der Waals surface area contributed by atoms with Crippen molar-refractivity contribution in [2.24, 2.45) is 0 Å². The van der Waals surface area contributed by atoms with Crippen molar-refractivity contribution >= 4 is 5.97 Å².